The predicted molar refractivity (Wildman–Crippen MR) is 54.6 cm³/mol. The van der Waals surface area contributed by atoms with Gasteiger partial charge in [0.05, 0.1) is 0 Å². The molecule has 1 aromatic carbocycles. The second-order valence-corrected chi connectivity index (χ2v) is 3.27. The average molecular weight is 218 g/mol. The molecule has 0 saturated carbocycles. The smallest absolute Gasteiger partial charge is 0.389 e. The van der Waals surface area contributed by atoms with Crippen molar-refractivity contribution in [3.8, 4) is 0 Å². The zero-order valence-electron chi connectivity index (χ0n) is 8.14. The van der Waals surface area contributed by atoms with E-state index in [0.717, 1.165) is 5.69 Å². The number of halogens is 3. The number of hydrogen-bond acceptors (Lipinski definition) is 2. The van der Waals surface area contributed by atoms with E-state index >= 15 is 0 Å². The molecule has 5 heteroatoms. The number of hydrogen-bond donors (Lipinski definition) is 2. The standard InChI is InChI=1S/C10H13F3N2/c11-10(12,13)6-1-7-15-9-4-2-8(14)3-5-9/h2-5,15H,1,6-7,14H2. The van der Waals surface area contributed by atoms with E-state index in [-0.39, 0.29) is 6.42 Å². The second-order valence-electron chi connectivity index (χ2n) is 3.27. The van der Waals surface area contributed by atoms with Crippen LogP contribution in [0.5, 0.6) is 0 Å². The molecule has 0 saturated heterocycles. The number of nitrogens with two attached hydrogens (primary N) is 1. The number of benzene rings is 1. The van der Waals surface area contributed by atoms with Crippen LogP contribution in [0.2, 0.25) is 0 Å². The molecule has 0 heterocycles. The van der Waals surface area contributed by atoms with Crippen LogP contribution < -0.4 is 11.1 Å². The lowest BCUT2D eigenvalue weighted by Gasteiger charge is -2.08. The third-order valence-electron chi connectivity index (χ3n) is 1.88. The first-order valence-electron chi connectivity index (χ1n) is 4.63. The number of nitrogens with one attached hydrogen (secondary N) is 1. The molecule has 0 radical (unpaired) electrons. The van der Waals surface area contributed by atoms with E-state index in [1.807, 2.05) is 0 Å². The normalized spacial score (nSPS) is 11.4. The van der Waals surface area contributed by atoms with Crippen LogP contribution >= 0.6 is 0 Å². The van der Waals surface area contributed by atoms with Crippen molar-refractivity contribution in [1.29, 1.82) is 0 Å². The van der Waals surface area contributed by atoms with Gasteiger partial charge in [-0.05, 0) is 30.7 Å². The van der Waals surface area contributed by atoms with Gasteiger partial charge in [0.2, 0.25) is 0 Å². The SMILES string of the molecule is Nc1ccc(NCCCC(F)(F)F)cc1. The molecule has 2 nitrogen and oxygen atoms in total. The molecule has 0 atom stereocenters. The van der Waals surface area contributed by atoms with Crippen molar-refractivity contribution in [3.63, 3.8) is 0 Å². The van der Waals surface area contributed by atoms with Gasteiger partial charge in [-0.2, -0.15) is 13.2 Å². The van der Waals surface area contributed by atoms with Gasteiger partial charge >= 0.3 is 6.18 Å². The highest BCUT2D eigenvalue weighted by Crippen LogP contribution is 2.21. The minimum atomic E-state index is -4.07. The summed E-state index contributed by atoms with van der Waals surface area (Å²) < 4.78 is 35.4. The van der Waals surface area contributed by atoms with Crippen LogP contribution in [0, 0.1) is 0 Å². The molecule has 1 aromatic rings. The van der Waals surface area contributed by atoms with Gasteiger partial charge in [-0.25, -0.2) is 0 Å². The van der Waals surface area contributed by atoms with Gasteiger partial charge < -0.3 is 11.1 Å². The fourth-order valence-electron chi connectivity index (χ4n) is 1.12. The number of alkyl halides is 3. The van der Waals surface area contributed by atoms with E-state index in [1.165, 1.54) is 0 Å². The molecule has 1 rings (SSSR count). The summed E-state index contributed by atoms with van der Waals surface area (Å²) in [4.78, 5) is 0. The van der Waals surface area contributed by atoms with Crippen molar-refractivity contribution >= 4 is 11.4 Å². The minimum absolute atomic E-state index is 0.0773. The molecule has 0 spiro atoms. The zero-order valence-corrected chi connectivity index (χ0v) is 8.14. The lowest BCUT2D eigenvalue weighted by atomic mass is 10.2. The first kappa shape index (κ1) is 11.7. The van der Waals surface area contributed by atoms with Gasteiger partial charge in [0, 0.05) is 24.3 Å². The van der Waals surface area contributed by atoms with Crippen molar-refractivity contribution < 1.29 is 13.2 Å². The van der Waals surface area contributed by atoms with Crippen LogP contribution in [-0.2, 0) is 0 Å². The molecule has 0 unspecified atom stereocenters. The Balaban J connectivity index is 2.23. The summed E-state index contributed by atoms with van der Waals surface area (Å²) in [6, 6.07) is 6.88. The summed E-state index contributed by atoms with van der Waals surface area (Å²) in [6.45, 7) is 0.309. The van der Waals surface area contributed by atoms with E-state index in [9.17, 15) is 13.2 Å². The van der Waals surface area contributed by atoms with Gasteiger partial charge in [-0.15, -0.1) is 0 Å². The van der Waals surface area contributed by atoms with Crippen LogP contribution in [-0.4, -0.2) is 12.7 Å². The van der Waals surface area contributed by atoms with Gasteiger partial charge in [0.15, 0.2) is 0 Å². The summed E-state index contributed by atoms with van der Waals surface area (Å²) in [5.41, 5.74) is 6.88. The molecule has 0 bridgehead atoms. The molecule has 0 fully saturated rings. The predicted octanol–water partition coefficient (Wildman–Crippen LogP) is 3.02. The molecule has 0 aliphatic carbocycles. The summed E-state index contributed by atoms with van der Waals surface area (Å²) in [5.74, 6) is 0. The fraction of sp³-hybridized carbons (Fsp3) is 0.400. The highest BCUT2D eigenvalue weighted by Gasteiger charge is 2.25. The van der Waals surface area contributed by atoms with E-state index < -0.39 is 12.6 Å². The van der Waals surface area contributed by atoms with Crippen LogP contribution in [0.25, 0.3) is 0 Å². The van der Waals surface area contributed by atoms with Gasteiger partial charge in [-0.3, -0.25) is 0 Å². The molecular weight excluding hydrogens is 205 g/mol. The van der Waals surface area contributed by atoms with Crippen molar-refractivity contribution in [2.75, 3.05) is 17.6 Å². The van der Waals surface area contributed by atoms with Crippen molar-refractivity contribution in [2.45, 2.75) is 19.0 Å². The topological polar surface area (TPSA) is 38.0 Å². The molecular formula is C10H13F3N2. The maximum atomic E-state index is 11.8. The van der Waals surface area contributed by atoms with Crippen LogP contribution in [0.1, 0.15) is 12.8 Å². The van der Waals surface area contributed by atoms with Crippen molar-refractivity contribution in [2.24, 2.45) is 0 Å². The number of nitrogen functional groups attached to an aromatic ring is 1. The highest BCUT2D eigenvalue weighted by molar-refractivity contribution is 5.50. The Kier molecular flexibility index (Phi) is 3.82. The second kappa shape index (κ2) is 4.91. The Morgan fingerprint density at radius 3 is 2.27 bits per heavy atom. The van der Waals surface area contributed by atoms with E-state index in [4.69, 9.17) is 5.73 Å². The Morgan fingerprint density at radius 2 is 1.73 bits per heavy atom. The quantitative estimate of drug-likeness (QED) is 0.602. The Bertz CT molecular complexity index is 293. The monoisotopic (exact) mass is 218 g/mol. The van der Waals surface area contributed by atoms with Crippen molar-refractivity contribution in [1.82, 2.24) is 0 Å². The molecule has 0 aromatic heterocycles. The summed E-state index contributed by atoms with van der Waals surface area (Å²) in [5, 5.41) is 2.89. The van der Waals surface area contributed by atoms with Crippen LogP contribution in [0.4, 0.5) is 24.5 Å². The Hall–Kier alpha value is -1.39. The molecule has 15 heavy (non-hydrogen) atoms. The van der Waals surface area contributed by atoms with E-state index in [1.54, 1.807) is 24.3 Å². The molecule has 84 valence electrons. The maximum Gasteiger partial charge on any atom is 0.389 e. The Labute approximate surface area is 86.3 Å². The summed E-state index contributed by atoms with van der Waals surface area (Å²) >= 11 is 0. The Morgan fingerprint density at radius 1 is 1.13 bits per heavy atom. The summed E-state index contributed by atoms with van der Waals surface area (Å²) in [7, 11) is 0. The number of rotatable bonds is 4. The third kappa shape index (κ3) is 5.15. The van der Waals surface area contributed by atoms with Gasteiger partial charge in [0.25, 0.3) is 0 Å². The lowest BCUT2D eigenvalue weighted by molar-refractivity contribution is -0.134. The molecule has 3 N–H and O–H groups in total. The lowest BCUT2D eigenvalue weighted by Crippen LogP contribution is -2.10. The zero-order chi connectivity index (χ0) is 11.3. The van der Waals surface area contributed by atoms with Gasteiger partial charge in [-0.1, -0.05) is 0 Å². The molecule has 0 amide bonds. The third-order valence-corrected chi connectivity index (χ3v) is 1.88. The first-order valence-corrected chi connectivity index (χ1v) is 4.63. The van der Waals surface area contributed by atoms with E-state index in [0.29, 0.717) is 12.2 Å². The summed E-state index contributed by atoms with van der Waals surface area (Å²) in [6.07, 6.45) is -4.74. The van der Waals surface area contributed by atoms with Crippen molar-refractivity contribution in [3.05, 3.63) is 24.3 Å². The van der Waals surface area contributed by atoms with E-state index in [2.05, 4.69) is 5.32 Å². The minimum Gasteiger partial charge on any atom is -0.399 e. The average Bonchev–Trinajstić information content (AvgIpc) is 2.14. The molecule has 0 aliphatic heterocycles. The largest absolute Gasteiger partial charge is 0.399 e. The van der Waals surface area contributed by atoms with Gasteiger partial charge in [0.1, 0.15) is 0 Å². The maximum absolute atomic E-state index is 11.8. The molecule has 0 aliphatic rings. The van der Waals surface area contributed by atoms with Crippen LogP contribution in [0.3, 0.4) is 0 Å². The highest BCUT2D eigenvalue weighted by atomic mass is 19.4. The number of anilines is 2. The fourth-order valence-corrected chi connectivity index (χ4v) is 1.12. The first-order chi connectivity index (χ1) is 6.97. The van der Waals surface area contributed by atoms with Crippen LogP contribution in [0.15, 0.2) is 24.3 Å².